The number of nitrogens with one attached hydrogen (secondary N) is 1. The van der Waals surface area contributed by atoms with E-state index in [1.165, 1.54) is 0 Å². The number of carbonyl (C=O) groups excluding carboxylic acids is 1. The van der Waals surface area contributed by atoms with Crippen LogP contribution < -0.4 is 5.32 Å². The Morgan fingerprint density at radius 3 is 2.40 bits per heavy atom. The fourth-order valence-electron chi connectivity index (χ4n) is 1.85. The van der Waals surface area contributed by atoms with Gasteiger partial charge in [-0.05, 0) is 23.3 Å². The lowest BCUT2D eigenvalue weighted by Crippen LogP contribution is -2.24. The highest BCUT2D eigenvalue weighted by molar-refractivity contribution is 6.30. The SMILES string of the molecule is O=C(CC(O)c1ccc(Cl)cc1)NCc1ccccc1. The third-order valence-corrected chi connectivity index (χ3v) is 3.22. The normalized spacial score (nSPS) is 11.9. The molecule has 0 aliphatic heterocycles. The van der Waals surface area contributed by atoms with Crippen LogP contribution >= 0.6 is 11.6 Å². The van der Waals surface area contributed by atoms with Gasteiger partial charge in [-0.2, -0.15) is 0 Å². The fraction of sp³-hybridized carbons (Fsp3) is 0.188. The van der Waals surface area contributed by atoms with Crippen molar-refractivity contribution < 1.29 is 9.90 Å². The van der Waals surface area contributed by atoms with Crippen molar-refractivity contribution in [3.05, 3.63) is 70.7 Å². The van der Waals surface area contributed by atoms with Crippen LogP contribution in [0.15, 0.2) is 54.6 Å². The highest BCUT2D eigenvalue weighted by Crippen LogP contribution is 2.19. The van der Waals surface area contributed by atoms with Gasteiger partial charge in [-0.15, -0.1) is 0 Å². The van der Waals surface area contributed by atoms with Crippen LogP contribution in [0.4, 0.5) is 0 Å². The maximum atomic E-state index is 11.8. The van der Waals surface area contributed by atoms with E-state index in [1.54, 1.807) is 24.3 Å². The first-order chi connectivity index (χ1) is 9.65. The minimum Gasteiger partial charge on any atom is -0.388 e. The summed E-state index contributed by atoms with van der Waals surface area (Å²) in [6, 6.07) is 16.5. The molecular formula is C16H16ClNO2. The highest BCUT2D eigenvalue weighted by atomic mass is 35.5. The van der Waals surface area contributed by atoms with Gasteiger partial charge in [-0.25, -0.2) is 0 Å². The molecule has 0 fully saturated rings. The number of rotatable bonds is 5. The summed E-state index contributed by atoms with van der Waals surface area (Å²) < 4.78 is 0. The van der Waals surface area contributed by atoms with Gasteiger partial charge in [0.2, 0.25) is 5.91 Å². The standard InChI is InChI=1S/C16H16ClNO2/c17-14-8-6-13(7-9-14)15(19)10-16(20)18-11-12-4-2-1-3-5-12/h1-9,15,19H,10-11H2,(H,18,20). The van der Waals surface area contributed by atoms with E-state index in [-0.39, 0.29) is 12.3 Å². The summed E-state index contributed by atoms with van der Waals surface area (Å²) in [7, 11) is 0. The predicted octanol–water partition coefficient (Wildman–Crippen LogP) is 3.08. The van der Waals surface area contributed by atoms with Crippen molar-refractivity contribution in [1.82, 2.24) is 5.32 Å². The summed E-state index contributed by atoms with van der Waals surface area (Å²) in [6.45, 7) is 0.465. The molecule has 0 saturated heterocycles. The van der Waals surface area contributed by atoms with E-state index in [4.69, 9.17) is 11.6 Å². The third kappa shape index (κ3) is 4.37. The van der Waals surface area contributed by atoms with Crippen molar-refractivity contribution in [2.75, 3.05) is 0 Å². The Balaban J connectivity index is 1.83. The number of halogens is 1. The third-order valence-electron chi connectivity index (χ3n) is 2.97. The monoisotopic (exact) mass is 289 g/mol. The van der Waals surface area contributed by atoms with Gasteiger partial charge in [0.05, 0.1) is 12.5 Å². The van der Waals surface area contributed by atoms with E-state index in [0.29, 0.717) is 17.1 Å². The Kier molecular flexibility index (Phi) is 5.16. The number of hydrogen-bond acceptors (Lipinski definition) is 2. The highest BCUT2D eigenvalue weighted by Gasteiger charge is 2.12. The summed E-state index contributed by atoms with van der Waals surface area (Å²) in [6.07, 6.45) is -0.780. The van der Waals surface area contributed by atoms with Crippen molar-refractivity contribution in [3.8, 4) is 0 Å². The van der Waals surface area contributed by atoms with Crippen LogP contribution in [0, 0.1) is 0 Å². The maximum absolute atomic E-state index is 11.8. The lowest BCUT2D eigenvalue weighted by molar-refractivity contribution is -0.123. The van der Waals surface area contributed by atoms with Crippen LogP contribution in [0.25, 0.3) is 0 Å². The first-order valence-electron chi connectivity index (χ1n) is 6.39. The average molecular weight is 290 g/mol. The Labute approximate surface area is 123 Å². The first-order valence-corrected chi connectivity index (χ1v) is 6.77. The Morgan fingerprint density at radius 2 is 1.75 bits per heavy atom. The van der Waals surface area contributed by atoms with E-state index in [2.05, 4.69) is 5.32 Å². The molecule has 0 aliphatic rings. The second kappa shape index (κ2) is 7.08. The summed E-state index contributed by atoms with van der Waals surface area (Å²) in [5.41, 5.74) is 1.71. The minimum absolute atomic E-state index is 0.0362. The van der Waals surface area contributed by atoms with Crippen LogP contribution in [0.3, 0.4) is 0 Å². The van der Waals surface area contributed by atoms with Crippen molar-refractivity contribution in [1.29, 1.82) is 0 Å². The Bertz CT molecular complexity index is 554. The molecule has 1 unspecified atom stereocenters. The Morgan fingerprint density at radius 1 is 1.10 bits per heavy atom. The van der Waals surface area contributed by atoms with E-state index in [9.17, 15) is 9.90 Å². The van der Waals surface area contributed by atoms with Gasteiger partial charge < -0.3 is 10.4 Å². The van der Waals surface area contributed by atoms with Crippen LogP contribution in [-0.4, -0.2) is 11.0 Å². The topological polar surface area (TPSA) is 49.3 Å². The number of aliphatic hydroxyl groups excluding tert-OH is 1. The number of benzene rings is 2. The van der Waals surface area contributed by atoms with Gasteiger partial charge in [0, 0.05) is 11.6 Å². The number of hydrogen-bond donors (Lipinski definition) is 2. The quantitative estimate of drug-likeness (QED) is 0.889. The molecule has 1 amide bonds. The van der Waals surface area contributed by atoms with Gasteiger partial charge in [0.25, 0.3) is 0 Å². The first kappa shape index (κ1) is 14.6. The van der Waals surface area contributed by atoms with Crippen LogP contribution in [0.1, 0.15) is 23.7 Å². The largest absolute Gasteiger partial charge is 0.388 e. The number of amides is 1. The number of carbonyl (C=O) groups is 1. The van der Waals surface area contributed by atoms with Gasteiger partial charge in [-0.3, -0.25) is 4.79 Å². The zero-order chi connectivity index (χ0) is 14.4. The van der Waals surface area contributed by atoms with Crippen LogP contribution in [-0.2, 0) is 11.3 Å². The molecule has 0 radical (unpaired) electrons. The summed E-state index contributed by atoms with van der Waals surface area (Å²) in [5, 5.41) is 13.4. The molecule has 0 aliphatic carbocycles. The molecule has 2 aromatic rings. The molecule has 0 bridgehead atoms. The van der Waals surface area contributed by atoms with Gasteiger partial charge in [-0.1, -0.05) is 54.1 Å². The molecule has 104 valence electrons. The zero-order valence-electron chi connectivity index (χ0n) is 10.9. The molecular weight excluding hydrogens is 274 g/mol. The summed E-state index contributed by atoms with van der Waals surface area (Å²) in [4.78, 5) is 11.8. The van der Waals surface area contributed by atoms with Crippen molar-refractivity contribution in [2.45, 2.75) is 19.1 Å². The van der Waals surface area contributed by atoms with Crippen molar-refractivity contribution in [2.24, 2.45) is 0 Å². The maximum Gasteiger partial charge on any atom is 0.223 e. The lowest BCUT2D eigenvalue weighted by Gasteiger charge is -2.11. The van der Waals surface area contributed by atoms with E-state index in [1.807, 2.05) is 30.3 Å². The van der Waals surface area contributed by atoms with Gasteiger partial charge in [0.1, 0.15) is 0 Å². The van der Waals surface area contributed by atoms with Crippen LogP contribution in [0.2, 0.25) is 5.02 Å². The second-order valence-corrected chi connectivity index (χ2v) is 4.97. The summed E-state index contributed by atoms with van der Waals surface area (Å²) in [5.74, 6) is -0.184. The molecule has 20 heavy (non-hydrogen) atoms. The van der Waals surface area contributed by atoms with Gasteiger partial charge >= 0.3 is 0 Å². The molecule has 0 spiro atoms. The molecule has 3 nitrogen and oxygen atoms in total. The lowest BCUT2D eigenvalue weighted by atomic mass is 10.1. The zero-order valence-corrected chi connectivity index (χ0v) is 11.7. The van der Waals surface area contributed by atoms with Crippen LogP contribution in [0.5, 0.6) is 0 Å². The number of aliphatic hydroxyl groups is 1. The molecule has 4 heteroatoms. The second-order valence-electron chi connectivity index (χ2n) is 4.53. The molecule has 0 aromatic heterocycles. The fourth-order valence-corrected chi connectivity index (χ4v) is 1.97. The molecule has 2 N–H and O–H groups in total. The Hall–Kier alpha value is -1.84. The van der Waals surface area contributed by atoms with E-state index >= 15 is 0 Å². The summed E-state index contributed by atoms with van der Waals surface area (Å²) >= 11 is 5.78. The van der Waals surface area contributed by atoms with Gasteiger partial charge in [0.15, 0.2) is 0 Å². The molecule has 2 rings (SSSR count). The smallest absolute Gasteiger partial charge is 0.223 e. The van der Waals surface area contributed by atoms with Crippen molar-refractivity contribution >= 4 is 17.5 Å². The van der Waals surface area contributed by atoms with E-state index in [0.717, 1.165) is 5.56 Å². The average Bonchev–Trinajstić information content (AvgIpc) is 2.47. The molecule has 0 heterocycles. The van der Waals surface area contributed by atoms with E-state index < -0.39 is 6.10 Å². The molecule has 1 atom stereocenters. The molecule has 0 saturated carbocycles. The molecule has 2 aromatic carbocycles. The minimum atomic E-state index is -0.817. The van der Waals surface area contributed by atoms with Crippen molar-refractivity contribution in [3.63, 3.8) is 0 Å². The predicted molar refractivity (Wildman–Crippen MR) is 79.3 cm³/mol.